The summed E-state index contributed by atoms with van der Waals surface area (Å²) in [6, 6.07) is 0. The largest absolute Gasteiger partial charge is 0.360 e. The average Bonchev–Trinajstić information content (AvgIpc) is 2.09. The highest BCUT2D eigenvalue weighted by atomic mass is 14.9. The summed E-state index contributed by atoms with van der Waals surface area (Å²) in [5, 5.41) is 9.99. The molecule has 0 bridgehead atoms. The highest BCUT2D eigenvalue weighted by Crippen LogP contribution is 1.99. The van der Waals surface area contributed by atoms with Crippen molar-refractivity contribution in [1.29, 1.82) is 5.41 Å². The van der Waals surface area contributed by atoms with Crippen molar-refractivity contribution in [3.63, 3.8) is 0 Å². The van der Waals surface area contributed by atoms with Crippen LogP contribution in [0.5, 0.6) is 0 Å². The minimum absolute atomic E-state index is 0.914. The van der Waals surface area contributed by atoms with Gasteiger partial charge in [-0.15, -0.1) is 0 Å². The SMILES string of the molecule is C=C(C)NC(/C=C\C=N)=C\CCC. The Bertz CT molecular complexity index is 224. The van der Waals surface area contributed by atoms with Gasteiger partial charge < -0.3 is 10.7 Å². The fraction of sp³-hybridized carbons (Fsp3) is 0.364. The quantitative estimate of drug-likeness (QED) is 0.476. The van der Waals surface area contributed by atoms with Crippen molar-refractivity contribution in [3.8, 4) is 0 Å². The second kappa shape index (κ2) is 7.35. The number of allylic oxidation sites excluding steroid dienone is 4. The third kappa shape index (κ3) is 7.06. The Hall–Kier alpha value is -1.31. The molecule has 0 fully saturated rings. The Balaban J connectivity index is 4.25. The molecule has 0 radical (unpaired) electrons. The second-order valence-electron chi connectivity index (χ2n) is 2.88. The van der Waals surface area contributed by atoms with E-state index >= 15 is 0 Å². The standard InChI is InChI=1S/C11H18N2/c1-4-5-7-11(8-6-9-12)13-10(2)3/h6-9,12-13H,2,4-5H2,1,3H3/b8-6-,11-7-,12-9?. The van der Waals surface area contributed by atoms with Crippen LogP contribution in [0.15, 0.2) is 36.2 Å². The molecule has 0 aliphatic carbocycles. The highest BCUT2D eigenvalue weighted by Gasteiger charge is 1.89. The first-order valence-corrected chi connectivity index (χ1v) is 4.50. The zero-order valence-electron chi connectivity index (χ0n) is 8.43. The van der Waals surface area contributed by atoms with Gasteiger partial charge in [0.05, 0.1) is 0 Å². The lowest BCUT2D eigenvalue weighted by molar-refractivity contribution is 0.922. The summed E-state index contributed by atoms with van der Waals surface area (Å²) < 4.78 is 0. The van der Waals surface area contributed by atoms with Crippen LogP contribution in [0.2, 0.25) is 0 Å². The first-order chi connectivity index (χ1) is 6.20. The summed E-state index contributed by atoms with van der Waals surface area (Å²) in [6.07, 6.45) is 9.10. The van der Waals surface area contributed by atoms with Gasteiger partial charge >= 0.3 is 0 Å². The van der Waals surface area contributed by atoms with Gasteiger partial charge in [0.25, 0.3) is 0 Å². The molecule has 72 valence electrons. The van der Waals surface area contributed by atoms with Gasteiger partial charge in [0.15, 0.2) is 0 Å². The molecule has 2 heteroatoms. The third-order valence-corrected chi connectivity index (χ3v) is 1.38. The molecule has 2 N–H and O–H groups in total. The molecular formula is C11H18N2. The predicted octanol–water partition coefficient (Wildman–Crippen LogP) is 3.00. The summed E-state index contributed by atoms with van der Waals surface area (Å²) in [5.74, 6) is 0. The zero-order chi connectivity index (χ0) is 10.1. The van der Waals surface area contributed by atoms with Crippen LogP contribution < -0.4 is 5.32 Å². The highest BCUT2D eigenvalue weighted by molar-refractivity contribution is 5.68. The normalized spacial score (nSPS) is 11.7. The minimum atomic E-state index is 0.914. The first kappa shape index (κ1) is 11.7. The number of rotatable bonds is 6. The van der Waals surface area contributed by atoms with E-state index in [2.05, 4.69) is 24.9 Å². The van der Waals surface area contributed by atoms with Gasteiger partial charge in [0.1, 0.15) is 0 Å². The summed E-state index contributed by atoms with van der Waals surface area (Å²) in [7, 11) is 0. The predicted molar refractivity (Wildman–Crippen MR) is 58.9 cm³/mol. The molecule has 0 aromatic heterocycles. The maximum Gasteiger partial charge on any atom is 0.0341 e. The van der Waals surface area contributed by atoms with Gasteiger partial charge in [-0.1, -0.05) is 26.0 Å². The number of hydrogen-bond acceptors (Lipinski definition) is 2. The van der Waals surface area contributed by atoms with Crippen LogP contribution in [0.4, 0.5) is 0 Å². The molecule has 0 aromatic rings. The molecule has 0 aliphatic heterocycles. The Labute approximate surface area is 80.6 Å². The molecule has 0 atom stereocenters. The van der Waals surface area contributed by atoms with Crippen molar-refractivity contribution in [2.24, 2.45) is 0 Å². The Morgan fingerprint density at radius 2 is 2.23 bits per heavy atom. The number of hydrogen-bond donors (Lipinski definition) is 2. The smallest absolute Gasteiger partial charge is 0.0341 e. The molecule has 0 unspecified atom stereocenters. The molecule has 0 amide bonds. The summed E-state index contributed by atoms with van der Waals surface area (Å²) in [4.78, 5) is 0. The molecule has 13 heavy (non-hydrogen) atoms. The van der Waals surface area contributed by atoms with Crippen LogP contribution in [0.25, 0.3) is 0 Å². The van der Waals surface area contributed by atoms with Crippen LogP contribution in [0.1, 0.15) is 26.7 Å². The van der Waals surface area contributed by atoms with E-state index in [0.29, 0.717) is 0 Å². The minimum Gasteiger partial charge on any atom is -0.360 e. The van der Waals surface area contributed by atoms with Crippen LogP contribution >= 0.6 is 0 Å². The van der Waals surface area contributed by atoms with E-state index in [9.17, 15) is 0 Å². The topological polar surface area (TPSA) is 35.9 Å². The van der Waals surface area contributed by atoms with Gasteiger partial charge in [0.2, 0.25) is 0 Å². The second-order valence-corrected chi connectivity index (χ2v) is 2.88. The summed E-state index contributed by atoms with van der Waals surface area (Å²) >= 11 is 0. The summed E-state index contributed by atoms with van der Waals surface area (Å²) in [6.45, 7) is 7.82. The molecule has 0 spiro atoms. The van der Waals surface area contributed by atoms with Gasteiger partial charge in [-0.25, -0.2) is 0 Å². The fourth-order valence-corrected chi connectivity index (χ4v) is 0.859. The molecule has 0 saturated heterocycles. The molecule has 0 rings (SSSR count). The van der Waals surface area contributed by atoms with E-state index in [1.807, 2.05) is 13.0 Å². The molecule has 0 aromatic carbocycles. The maximum atomic E-state index is 6.87. The van der Waals surface area contributed by atoms with Crippen molar-refractivity contribution in [3.05, 3.63) is 36.2 Å². The Morgan fingerprint density at radius 1 is 1.54 bits per heavy atom. The number of nitrogens with one attached hydrogen (secondary N) is 2. The Kier molecular flexibility index (Phi) is 6.60. The van der Waals surface area contributed by atoms with Crippen LogP contribution in [-0.4, -0.2) is 6.21 Å². The molecule has 0 saturated carbocycles. The maximum absolute atomic E-state index is 6.87. The lowest BCUT2D eigenvalue weighted by Crippen LogP contribution is -2.07. The van der Waals surface area contributed by atoms with E-state index in [4.69, 9.17) is 5.41 Å². The third-order valence-electron chi connectivity index (χ3n) is 1.38. The lowest BCUT2D eigenvalue weighted by atomic mass is 10.2. The lowest BCUT2D eigenvalue weighted by Gasteiger charge is -2.05. The van der Waals surface area contributed by atoms with E-state index in [-0.39, 0.29) is 0 Å². The molecule has 0 aliphatic rings. The van der Waals surface area contributed by atoms with Gasteiger partial charge in [-0.05, 0) is 25.5 Å². The molecule has 2 nitrogen and oxygen atoms in total. The van der Waals surface area contributed by atoms with Crippen LogP contribution in [0, 0.1) is 5.41 Å². The van der Waals surface area contributed by atoms with Crippen molar-refractivity contribution >= 4 is 6.21 Å². The number of unbranched alkanes of at least 4 members (excludes halogenated alkanes) is 1. The summed E-state index contributed by atoms with van der Waals surface area (Å²) in [5.41, 5.74) is 1.93. The first-order valence-electron chi connectivity index (χ1n) is 4.50. The van der Waals surface area contributed by atoms with Gasteiger partial charge in [-0.2, -0.15) is 0 Å². The average molecular weight is 178 g/mol. The van der Waals surface area contributed by atoms with E-state index in [0.717, 1.165) is 24.2 Å². The van der Waals surface area contributed by atoms with Crippen molar-refractivity contribution in [1.82, 2.24) is 5.32 Å². The van der Waals surface area contributed by atoms with Gasteiger partial charge in [-0.3, -0.25) is 0 Å². The van der Waals surface area contributed by atoms with Crippen LogP contribution in [0.3, 0.4) is 0 Å². The van der Waals surface area contributed by atoms with Gasteiger partial charge in [0, 0.05) is 17.6 Å². The van der Waals surface area contributed by atoms with E-state index in [1.54, 1.807) is 6.08 Å². The molecular weight excluding hydrogens is 160 g/mol. The fourth-order valence-electron chi connectivity index (χ4n) is 0.859. The van der Waals surface area contributed by atoms with Crippen LogP contribution in [-0.2, 0) is 0 Å². The van der Waals surface area contributed by atoms with E-state index in [1.165, 1.54) is 6.21 Å². The monoisotopic (exact) mass is 178 g/mol. The Morgan fingerprint density at radius 3 is 2.69 bits per heavy atom. The van der Waals surface area contributed by atoms with Crippen molar-refractivity contribution in [2.45, 2.75) is 26.7 Å². The van der Waals surface area contributed by atoms with Crippen molar-refractivity contribution < 1.29 is 0 Å². The van der Waals surface area contributed by atoms with E-state index < -0.39 is 0 Å². The zero-order valence-corrected chi connectivity index (χ0v) is 8.43. The molecule has 0 heterocycles. The van der Waals surface area contributed by atoms with Crippen molar-refractivity contribution in [2.75, 3.05) is 0 Å².